The highest BCUT2D eigenvalue weighted by molar-refractivity contribution is 9.10. The van der Waals surface area contributed by atoms with E-state index in [0.29, 0.717) is 12.3 Å². The molecule has 6 heteroatoms. The highest BCUT2D eigenvalue weighted by atomic mass is 79.9. The molecule has 2 aromatic rings. The molecule has 2 aromatic carbocycles. The minimum Gasteiger partial charge on any atom is -0.483 e. The van der Waals surface area contributed by atoms with E-state index in [0.717, 1.165) is 15.6 Å². The fraction of sp³-hybridized carbons (Fsp3) is 0.364. The van der Waals surface area contributed by atoms with Gasteiger partial charge in [0.05, 0.1) is 0 Å². The van der Waals surface area contributed by atoms with E-state index in [1.54, 1.807) is 18.9 Å². The fourth-order valence-electron chi connectivity index (χ4n) is 2.89. The van der Waals surface area contributed by atoms with Gasteiger partial charge in [0.1, 0.15) is 11.8 Å². The van der Waals surface area contributed by atoms with Gasteiger partial charge in [-0.3, -0.25) is 9.59 Å². The molecule has 0 saturated carbocycles. The summed E-state index contributed by atoms with van der Waals surface area (Å²) in [6.45, 7) is 6.09. The van der Waals surface area contributed by atoms with E-state index in [9.17, 15) is 9.59 Å². The molecule has 0 aliphatic heterocycles. The molecular formula is C22H27BrN2O3. The average molecular weight is 447 g/mol. The SMILES string of the molecule is CNC(=O)[C@H](C)N(Cc1ccc(Br)cc1)C(=O)COc1ccccc1C(C)C. The minimum atomic E-state index is -0.606. The largest absolute Gasteiger partial charge is 0.483 e. The van der Waals surface area contributed by atoms with Crippen LogP contribution in [0.25, 0.3) is 0 Å². The molecule has 0 aromatic heterocycles. The second-order valence-corrected chi connectivity index (χ2v) is 7.84. The van der Waals surface area contributed by atoms with E-state index in [-0.39, 0.29) is 24.3 Å². The lowest BCUT2D eigenvalue weighted by molar-refractivity contribution is -0.142. The molecule has 0 aliphatic rings. The van der Waals surface area contributed by atoms with E-state index >= 15 is 0 Å². The normalized spacial score (nSPS) is 11.8. The quantitative estimate of drug-likeness (QED) is 0.663. The van der Waals surface area contributed by atoms with Gasteiger partial charge in [0.25, 0.3) is 5.91 Å². The highest BCUT2D eigenvalue weighted by Gasteiger charge is 2.26. The predicted molar refractivity (Wildman–Crippen MR) is 114 cm³/mol. The first-order valence-electron chi connectivity index (χ1n) is 9.30. The number of nitrogens with one attached hydrogen (secondary N) is 1. The van der Waals surface area contributed by atoms with E-state index < -0.39 is 6.04 Å². The second kappa shape index (κ2) is 10.3. The lowest BCUT2D eigenvalue weighted by Gasteiger charge is -2.28. The zero-order chi connectivity index (χ0) is 20.7. The van der Waals surface area contributed by atoms with Gasteiger partial charge in [0.2, 0.25) is 5.91 Å². The maximum Gasteiger partial charge on any atom is 0.261 e. The van der Waals surface area contributed by atoms with Gasteiger partial charge in [0.15, 0.2) is 6.61 Å². The van der Waals surface area contributed by atoms with Crippen molar-refractivity contribution in [3.8, 4) is 5.75 Å². The molecule has 28 heavy (non-hydrogen) atoms. The Bertz CT molecular complexity index is 806. The van der Waals surface area contributed by atoms with Crippen molar-refractivity contribution in [3.63, 3.8) is 0 Å². The average Bonchev–Trinajstić information content (AvgIpc) is 2.70. The Balaban J connectivity index is 2.16. The van der Waals surface area contributed by atoms with Crippen LogP contribution in [-0.2, 0) is 16.1 Å². The first-order valence-corrected chi connectivity index (χ1v) is 10.1. The maximum absolute atomic E-state index is 12.9. The number of hydrogen-bond donors (Lipinski definition) is 1. The van der Waals surface area contributed by atoms with E-state index in [1.807, 2.05) is 48.5 Å². The zero-order valence-corrected chi connectivity index (χ0v) is 18.3. The lowest BCUT2D eigenvalue weighted by Crippen LogP contribution is -2.48. The van der Waals surface area contributed by atoms with Gasteiger partial charge in [-0.05, 0) is 42.2 Å². The van der Waals surface area contributed by atoms with Crippen LogP contribution in [0.2, 0.25) is 0 Å². The van der Waals surface area contributed by atoms with Crippen LogP contribution in [0.15, 0.2) is 53.0 Å². The molecule has 2 amide bonds. The van der Waals surface area contributed by atoms with Crippen LogP contribution in [0.5, 0.6) is 5.75 Å². The van der Waals surface area contributed by atoms with Crippen LogP contribution in [0.4, 0.5) is 0 Å². The number of para-hydroxylation sites is 1. The van der Waals surface area contributed by atoms with Gasteiger partial charge in [-0.1, -0.05) is 60.1 Å². The first kappa shape index (κ1) is 22.0. The van der Waals surface area contributed by atoms with Crippen molar-refractivity contribution in [1.82, 2.24) is 10.2 Å². The lowest BCUT2D eigenvalue weighted by atomic mass is 10.0. The van der Waals surface area contributed by atoms with Crippen LogP contribution in [-0.4, -0.2) is 36.4 Å². The smallest absolute Gasteiger partial charge is 0.261 e. The minimum absolute atomic E-state index is 0.123. The Labute approximate surface area is 175 Å². The van der Waals surface area contributed by atoms with Gasteiger partial charge in [-0.2, -0.15) is 0 Å². The summed E-state index contributed by atoms with van der Waals surface area (Å²) < 4.78 is 6.79. The van der Waals surface area contributed by atoms with Crippen molar-refractivity contribution >= 4 is 27.7 Å². The van der Waals surface area contributed by atoms with Gasteiger partial charge < -0.3 is 15.0 Å². The number of amides is 2. The summed E-state index contributed by atoms with van der Waals surface area (Å²) in [5.74, 6) is 0.530. The third kappa shape index (κ3) is 5.83. The molecule has 1 N–H and O–H groups in total. The van der Waals surface area contributed by atoms with Crippen molar-refractivity contribution in [2.24, 2.45) is 0 Å². The number of carbonyl (C=O) groups excluding carboxylic acids is 2. The molecule has 2 rings (SSSR count). The summed E-state index contributed by atoms with van der Waals surface area (Å²) in [4.78, 5) is 26.7. The van der Waals surface area contributed by atoms with Crippen LogP contribution in [0.3, 0.4) is 0 Å². The summed E-state index contributed by atoms with van der Waals surface area (Å²) in [5.41, 5.74) is 1.99. The Morgan fingerprint density at radius 3 is 2.32 bits per heavy atom. The molecule has 0 spiro atoms. The van der Waals surface area contributed by atoms with Gasteiger partial charge >= 0.3 is 0 Å². The van der Waals surface area contributed by atoms with E-state index in [4.69, 9.17) is 4.74 Å². The van der Waals surface area contributed by atoms with Crippen molar-refractivity contribution in [1.29, 1.82) is 0 Å². The third-order valence-corrected chi connectivity index (χ3v) is 5.10. The number of carbonyl (C=O) groups is 2. The zero-order valence-electron chi connectivity index (χ0n) is 16.7. The predicted octanol–water partition coefficient (Wildman–Crippen LogP) is 4.11. The van der Waals surface area contributed by atoms with Crippen molar-refractivity contribution in [3.05, 3.63) is 64.1 Å². The Kier molecular flexibility index (Phi) is 8.05. The molecule has 0 fully saturated rings. The summed E-state index contributed by atoms with van der Waals surface area (Å²) in [7, 11) is 1.57. The molecule has 1 atom stereocenters. The van der Waals surface area contributed by atoms with Gasteiger partial charge in [0, 0.05) is 18.1 Å². The number of hydrogen-bond acceptors (Lipinski definition) is 3. The Morgan fingerprint density at radius 1 is 1.07 bits per heavy atom. The number of rotatable bonds is 8. The molecule has 0 bridgehead atoms. The third-order valence-electron chi connectivity index (χ3n) is 4.57. The highest BCUT2D eigenvalue weighted by Crippen LogP contribution is 2.26. The van der Waals surface area contributed by atoms with Crippen LogP contribution in [0, 0.1) is 0 Å². The molecule has 0 saturated heterocycles. The van der Waals surface area contributed by atoms with Crippen molar-refractivity contribution < 1.29 is 14.3 Å². The summed E-state index contributed by atoms with van der Waals surface area (Å²) >= 11 is 3.41. The van der Waals surface area contributed by atoms with E-state index in [2.05, 4.69) is 35.1 Å². The first-order chi connectivity index (χ1) is 13.3. The fourth-order valence-corrected chi connectivity index (χ4v) is 3.15. The molecule has 0 unspecified atom stereocenters. The number of likely N-dealkylation sites (N-methyl/N-ethyl adjacent to an activating group) is 1. The summed E-state index contributed by atoms with van der Waals surface area (Å²) in [6, 6.07) is 14.8. The molecular weight excluding hydrogens is 420 g/mol. The Hall–Kier alpha value is -2.34. The van der Waals surface area contributed by atoms with Crippen molar-refractivity contribution in [2.75, 3.05) is 13.7 Å². The van der Waals surface area contributed by atoms with Gasteiger partial charge in [-0.25, -0.2) is 0 Å². The topological polar surface area (TPSA) is 58.6 Å². The van der Waals surface area contributed by atoms with Crippen LogP contribution >= 0.6 is 15.9 Å². The number of ether oxygens (including phenoxy) is 1. The molecule has 150 valence electrons. The molecule has 5 nitrogen and oxygen atoms in total. The van der Waals surface area contributed by atoms with Gasteiger partial charge in [-0.15, -0.1) is 0 Å². The van der Waals surface area contributed by atoms with Crippen LogP contribution < -0.4 is 10.1 Å². The number of halogens is 1. The summed E-state index contributed by atoms with van der Waals surface area (Å²) in [6.07, 6.45) is 0. The van der Waals surface area contributed by atoms with Crippen molar-refractivity contribution in [2.45, 2.75) is 39.3 Å². The van der Waals surface area contributed by atoms with E-state index in [1.165, 1.54) is 0 Å². The second-order valence-electron chi connectivity index (χ2n) is 6.92. The monoisotopic (exact) mass is 446 g/mol. The Morgan fingerprint density at radius 2 is 1.71 bits per heavy atom. The molecule has 0 radical (unpaired) electrons. The number of benzene rings is 2. The maximum atomic E-state index is 12.9. The summed E-state index contributed by atoms with van der Waals surface area (Å²) in [5, 5.41) is 2.61. The molecule has 0 heterocycles. The number of nitrogens with zero attached hydrogens (tertiary/aromatic N) is 1. The standard InChI is InChI=1S/C22H27BrN2O3/c1-15(2)19-7-5-6-8-20(19)28-14-21(26)25(16(3)22(27)24-4)13-17-9-11-18(23)12-10-17/h5-12,15-16H,13-14H2,1-4H3,(H,24,27)/t16-/m0/s1. The molecule has 0 aliphatic carbocycles. The van der Waals surface area contributed by atoms with Crippen LogP contribution in [0.1, 0.15) is 37.8 Å².